The molecule has 0 radical (unpaired) electrons. The van der Waals surface area contributed by atoms with E-state index in [2.05, 4.69) is 26.6 Å². The van der Waals surface area contributed by atoms with Crippen LogP contribution >= 0.6 is 11.8 Å². The Morgan fingerprint density at radius 3 is 2.30 bits per heavy atom. The van der Waals surface area contributed by atoms with E-state index in [-0.39, 0.29) is 5.75 Å². The number of rotatable bonds is 11. The van der Waals surface area contributed by atoms with Crippen LogP contribution in [-0.2, 0) is 10.0 Å². The van der Waals surface area contributed by atoms with Gasteiger partial charge < -0.3 is 10.6 Å². The fourth-order valence-corrected chi connectivity index (χ4v) is 2.58. The Bertz CT molecular complexity index is 358. The largest absolute Gasteiger partial charge is 0.356 e. The normalized spacial score (nSPS) is 12.4. The van der Waals surface area contributed by atoms with Gasteiger partial charge in [-0.05, 0) is 38.2 Å². The Kier molecular flexibility index (Phi) is 12.0. The summed E-state index contributed by atoms with van der Waals surface area (Å²) >= 11 is 1.86. The molecule has 0 aliphatic rings. The Hall–Kier alpha value is -0.470. The van der Waals surface area contributed by atoms with Crippen LogP contribution in [0.2, 0.25) is 0 Å². The lowest BCUT2D eigenvalue weighted by molar-refractivity contribution is 0.579. The van der Waals surface area contributed by atoms with Gasteiger partial charge in [0.1, 0.15) is 0 Å². The maximum Gasteiger partial charge on any atom is 0.211 e. The van der Waals surface area contributed by atoms with Crippen molar-refractivity contribution in [1.82, 2.24) is 15.4 Å². The third-order valence-electron chi connectivity index (χ3n) is 2.64. The summed E-state index contributed by atoms with van der Waals surface area (Å²) in [5.74, 6) is 2.08. The highest BCUT2D eigenvalue weighted by molar-refractivity contribution is 7.98. The van der Waals surface area contributed by atoms with Crippen molar-refractivity contribution < 1.29 is 8.42 Å². The van der Waals surface area contributed by atoms with Crippen molar-refractivity contribution in [3.05, 3.63) is 0 Å². The number of aliphatic imine (C=N–C) groups is 1. The minimum atomic E-state index is -3.07. The average molecular weight is 325 g/mol. The van der Waals surface area contributed by atoms with Gasteiger partial charge in [0.15, 0.2) is 5.96 Å². The molecule has 0 amide bonds. The maximum absolute atomic E-state index is 11.2. The molecule has 0 aromatic rings. The average Bonchev–Trinajstić information content (AvgIpc) is 2.44. The zero-order valence-electron chi connectivity index (χ0n) is 12.7. The first-order valence-corrected chi connectivity index (χ1v) is 10.0. The molecule has 0 fully saturated rings. The summed E-state index contributed by atoms with van der Waals surface area (Å²) in [6.45, 7) is 3.68. The molecule has 6 nitrogen and oxygen atoms in total. The topological polar surface area (TPSA) is 82.6 Å². The summed E-state index contributed by atoms with van der Waals surface area (Å²) in [4.78, 5) is 4.12. The van der Waals surface area contributed by atoms with Crippen LogP contribution in [0.4, 0.5) is 0 Å². The van der Waals surface area contributed by atoms with E-state index in [0.717, 1.165) is 25.3 Å². The predicted molar refractivity (Wildman–Crippen MR) is 89.1 cm³/mol. The molecule has 20 heavy (non-hydrogen) atoms. The number of unbranched alkanes of at least 4 members (excludes halogenated alkanes) is 1. The quantitative estimate of drug-likeness (QED) is 0.295. The van der Waals surface area contributed by atoms with Crippen LogP contribution in [-0.4, -0.2) is 58.8 Å². The SMILES string of the molecule is CCS(=O)(=O)NCCCNC(=NC)NCCCCSC. The highest BCUT2D eigenvalue weighted by atomic mass is 32.2. The van der Waals surface area contributed by atoms with Gasteiger partial charge in [0.05, 0.1) is 5.75 Å². The summed E-state index contributed by atoms with van der Waals surface area (Å²) in [7, 11) is -1.34. The minimum absolute atomic E-state index is 0.125. The van der Waals surface area contributed by atoms with Gasteiger partial charge in [-0.25, -0.2) is 13.1 Å². The summed E-state index contributed by atoms with van der Waals surface area (Å²) in [5, 5.41) is 6.40. The van der Waals surface area contributed by atoms with Crippen LogP contribution in [0.3, 0.4) is 0 Å². The second-order valence-corrected chi connectivity index (χ2v) is 7.36. The molecule has 0 aromatic heterocycles. The number of nitrogens with zero attached hydrogens (tertiary/aromatic N) is 1. The number of sulfonamides is 1. The van der Waals surface area contributed by atoms with Gasteiger partial charge in [-0.15, -0.1) is 0 Å². The first kappa shape index (κ1) is 19.5. The summed E-state index contributed by atoms with van der Waals surface area (Å²) < 4.78 is 25.0. The standard InChI is InChI=1S/C12H28N4O2S2/c1-4-20(17,18)16-10-7-9-15-12(13-2)14-8-5-6-11-19-3/h16H,4-11H2,1-3H3,(H2,13,14,15). The van der Waals surface area contributed by atoms with E-state index in [1.165, 1.54) is 12.2 Å². The fourth-order valence-electron chi connectivity index (χ4n) is 1.42. The van der Waals surface area contributed by atoms with E-state index in [1.54, 1.807) is 14.0 Å². The molecule has 0 aliphatic carbocycles. The van der Waals surface area contributed by atoms with Crippen molar-refractivity contribution in [2.75, 3.05) is 44.4 Å². The molecule has 0 aromatic carbocycles. The monoisotopic (exact) mass is 324 g/mol. The highest BCUT2D eigenvalue weighted by Crippen LogP contribution is 1.97. The first-order valence-electron chi connectivity index (χ1n) is 6.96. The van der Waals surface area contributed by atoms with Crippen molar-refractivity contribution in [1.29, 1.82) is 0 Å². The number of hydrogen-bond donors (Lipinski definition) is 3. The van der Waals surface area contributed by atoms with Gasteiger partial charge in [0.2, 0.25) is 10.0 Å². The number of nitrogens with one attached hydrogen (secondary N) is 3. The first-order chi connectivity index (χ1) is 9.55. The van der Waals surface area contributed by atoms with Crippen molar-refractivity contribution in [2.45, 2.75) is 26.2 Å². The van der Waals surface area contributed by atoms with Gasteiger partial charge in [0, 0.05) is 26.7 Å². The molecule has 0 heterocycles. The van der Waals surface area contributed by atoms with E-state index in [4.69, 9.17) is 0 Å². The molecule has 0 bridgehead atoms. The lowest BCUT2D eigenvalue weighted by atomic mass is 10.3. The molecule has 8 heteroatoms. The molecule has 0 unspecified atom stereocenters. The number of guanidine groups is 1. The lowest BCUT2D eigenvalue weighted by Gasteiger charge is -2.11. The van der Waals surface area contributed by atoms with Gasteiger partial charge in [-0.2, -0.15) is 11.8 Å². The van der Waals surface area contributed by atoms with Gasteiger partial charge >= 0.3 is 0 Å². The predicted octanol–water partition coefficient (Wildman–Crippen LogP) is 0.624. The maximum atomic E-state index is 11.2. The van der Waals surface area contributed by atoms with Crippen molar-refractivity contribution in [3.63, 3.8) is 0 Å². The Labute approximate surface area is 127 Å². The number of thioether (sulfide) groups is 1. The molecule has 0 aliphatic heterocycles. The second kappa shape index (κ2) is 12.3. The third-order valence-corrected chi connectivity index (χ3v) is 4.74. The smallest absolute Gasteiger partial charge is 0.211 e. The molecule has 0 atom stereocenters. The van der Waals surface area contributed by atoms with E-state index < -0.39 is 10.0 Å². The van der Waals surface area contributed by atoms with E-state index in [1.807, 2.05) is 11.8 Å². The zero-order chi connectivity index (χ0) is 15.3. The summed E-state index contributed by atoms with van der Waals surface area (Å²) in [5.41, 5.74) is 0. The molecule has 0 saturated carbocycles. The van der Waals surface area contributed by atoms with Crippen molar-refractivity contribution in [2.24, 2.45) is 4.99 Å². The van der Waals surface area contributed by atoms with Crippen molar-refractivity contribution >= 4 is 27.7 Å². The Morgan fingerprint density at radius 2 is 1.75 bits per heavy atom. The van der Waals surface area contributed by atoms with Gasteiger partial charge in [-0.3, -0.25) is 4.99 Å². The molecular formula is C12H28N4O2S2. The second-order valence-electron chi connectivity index (χ2n) is 4.28. The lowest BCUT2D eigenvalue weighted by Crippen LogP contribution is -2.39. The highest BCUT2D eigenvalue weighted by Gasteiger charge is 2.04. The van der Waals surface area contributed by atoms with Crippen LogP contribution in [0, 0.1) is 0 Å². The Morgan fingerprint density at radius 1 is 1.10 bits per heavy atom. The molecular weight excluding hydrogens is 296 g/mol. The van der Waals surface area contributed by atoms with Crippen LogP contribution in [0.15, 0.2) is 4.99 Å². The van der Waals surface area contributed by atoms with E-state index in [0.29, 0.717) is 13.1 Å². The van der Waals surface area contributed by atoms with E-state index in [9.17, 15) is 8.42 Å². The summed E-state index contributed by atoms with van der Waals surface area (Å²) in [6, 6.07) is 0. The molecule has 0 rings (SSSR count). The summed E-state index contributed by atoms with van der Waals surface area (Å²) in [6.07, 6.45) is 5.16. The van der Waals surface area contributed by atoms with Crippen LogP contribution in [0.1, 0.15) is 26.2 Å². The van der Waals surface area contributed by atoms with Gasteiger partial charge in [-0.1, -0.05) is 0 Å². The zero-order valence-corrected chi connectivity index (χ0v) is 14.4. The van der Waals surface area contributed by atoms with E-state index >= 15 is 0 Å². The fraction of sp³-hybridized carbons (Fsp3) is 0.917. The number of hydrogen-bond acceptors (Lipinski definition) is 4. The molecule has 0 saturated heterocycles. The van der Waals surface area contributed by atoms with Crippen LogP contribution in [0.25, 0.3) is 0 Å². The van der Waals surface area contributed by atoms with Crippen molar-refractivity contribution in [3.8, 4) is 0 Å². The van der Waals surface area contributed by atoms with Crippen LogP contribution in [0.5, 0.6) is 0 Å². The van der Waals surface area contributed by atoms with Crippen LogP contribution < -0.4 is 15.4 Å². The molecule has 0 spiro atoms. The minimum Gasteiger partial charge on any atom is -0.356 e. The molecule has 120 valence electrons. The van der Waals surface area contributed by atoms with Gasteiger partial charge in [0.25, 0.3) is 0 Å². The molecule has 3 N–H and O–H groups in total. The third kappa shape index (κ3) is 11.4. The Balaban J connectivity index is 3.61.